The number of benzene rings is 1. The molecule has 0 saturated carbocycles. The summed E-state index contributed by atoms with van der Waals surface area (Å²) < 4.78 is 5.75. The van der Waals surface area contributed by atoms with Crippen LogP contribution in [-0.4, -0.2) is 42.3 Å². The van der Waals surface area contributed by atoms with Crippen molar-refractivity contribution in [3.63, 3.8) is 0 Å². The van der Waals surface area contributed by atoms with Crippen molar-refractivity contribution in [1.82, 2.24) is 5.32 Å². The number of aliphatic carboxylic acids is 1. The van der Waals surface area contributed by atoms with Gasteiger partial charge >= 0.3 is 12.0 Å². The van der Waals surface area contributed by atoms with Crippen molar-refractivity contribution in [2.75, 3.05) is 24.4 Å². The molecule has 116 valence electrons. The number of carbonyl (C=O) groups excluding carboxylic acids is 1. The van der Waals surface area contributed by atoms with Gasteiger partial charge in [-0.15, -0.1) is 0 Å². The van der Waals surface area contributed by atoms with Gasteiger partial charge in [0.15, 0.2) is 0 Å². The molecule has 1 rings (SSSR count). The van der Waals surface area contributed by atoms with Gasteiger partial charge in [-0.2, -0.15) is 11.8 Å². The number of halogens is 1. The number of hydrogen-bond donors (Lipinski definition) is 3. The average molecular weight is 377 g/mol. The van der Waals surface area contributed by atoms with Crippen LogP contribution in [0.25, 0.3) is 0 Å². The summed E-state index contributed by atoms with van der Waals surface area (Å²) in [6.45, 7) is 0. The molecule has 0 spiro atoms. The maximum atomic E-state index is 11.9. The number of ether oxygens (including phenoxy) is 1. The van der Waals surface area contributed by atoms with Crippen molar-refractivity contribution >= 4 is 45.4 Å². The quantitative estimate of drug-likeness (QED) is 0.680. The highest BCUT2D eigenvalue weighted by Crippen LogP contribution is 2.26. The van der Waals surface area contributed by atoms with Crippen molar-refractivity contribution in [3.8, 4) is 5.75 Å². The Hall–Kier alpha value is -1.41. The van der Waals surface area contributed by atoms with Crippen molar-refractivity contribution < 1.29 is 19.4 Å². The van der Waals surface area contributed by atoms with E-state index in [9.17, 15) is 9.59 Å². The number of carboxylic acid groups (broad SMARTS) is 1. The van der Waals surface area contributed by atoms with Crippen LogP contribution in [0.4, 0.5) is 10.5 Å². The molecule has 0 saturated heterocycles. The van der Waals surface area contributed by atoms with Crippen LogP contribution in [0, 0.1) is 0 Å². The zero-order chi connectivity index (χ0) is 15.8. The summed E-state index contributed by atoms with van der Waals surface area (Å²) in [4.78, 5) is 23.0. The monoisotopic (exact) mass is 376 g/mol. The number of methoxy groups -OCH3 is 1. The predicted octanol–water partition coefficient (Wildman–Crippen LogP) is 2.79. The zero-order valence-corrected chi connectivity index (χ0v) is 14.1. The molecule has 0 bridgehead atoms. The van der Waals surface area contributed by atoms with Crippen molar-refractivity contribution in [3.05, 3.63) is 22.7 Å². The maximum Gasteiger partial charge on any atom is 0.326 e. The number of hydrogen-bond acceptors (Lipinski definition) is 4. The van der Waals surface area contributed by atoms with Gasteiger partial charge in [-0.1, -0.05) is 0 Å². The molecule has 8 heteroatoms. The lowest BCUT2D eigenvalue weighted by Gasteiger charge is -2.15. The average Bonchev–Trinajstić information content (AvgIpc) is 2.45. The third-order valence-electron chi connectivity index (χ3n) is 2.64. The van der Waals surface area contributed by atoms with Crippen LogP contribution in [0.15, 0.2) is 22.7 Å². The normalized spacial score (nSPS) is 11.6. The minimum absolute atomic E-state index is 0.364. The minimum Gasteiger partial charge on any atom is -0.497 e. The molecule has 3 N–H and O–H groups in total. The second kappa shape index (κ2) is 8.78. The van der Waals surface area contributed by atoms with Crippen LogP contribution in [0.2, 0.25) is 0 Å². The van der Waals surface area contributed by atoms with E-state index in [2.05, 4.69) is 26.6 Å². The molecule has 0 aliphatic carbocycles. The fourth-order valence-electron chi connectivity index (χ4n) is 1.54. The summed E-state index contributed by atoms with van der Waals surface area (Å²) in [5.74, 6) is 0.190. The fourth-order valence-corrected chi connectivity index (χ4v) is 2.35. The van der Waals surface area contributed by atoms with Gasteiger partial charge in [0.25, 0.3) is 0 Å². The molecule has 21 heavy (non-hydrogen) atoms. The molecule has 2 amide bonds. The number of carbonyl (C=O) groups is 2. The van der Waals surface area contributed by atoms with E-state index in [-0.39, 0.29) is 0 Å². The lowest BCUT2D eigenvalue weighted by molar-refractivity contribution is -0.139. The van der Waals surface area contributed by atoms with E-state index < -0.39 is 18.0 Å². The number of carboxylic acids is 1. The van der Waals surface area contributed by atoms with Crippen LogP contribution < -0.4 is 15.4 Å². The Labute approximate surface area is 135 Å². The van der Waals surface area contributed by atoms with Crippen molar-refractivity contribution in [1.29, 1.82) is 0 Å². The summed E-state index contributed by atoms with van der Waals surface area (Å²) >= 11 is 4.83. The summed E-state index contributed by atoms with van der Waals surface area (Å²) in [6, 6.07) is 3.63. The first-order valence-corrected chi connectivity index (χ1v) is 8.29. The van der Waals surface area contributed by atoms with Crippen LogP contribution >= 0.6 is 27.7 Å². The summed E-state index contributed by atoms with van der Waals surface area (Å²) in [6.07, 6.45) is 2.25. The van der Waals surface area contributed by atoms with Crippen LogP contribution in [-0.2, 0) is 4.79 Å². The van der Waals surface area contributed by atoms with E-state index in [1.54, 1.807) is 18.2 Å². The maximum absolute atomic E-state index is 11.9. The Balaban J connectivity index is 2.69. The highest BCUT2D eigenvalue weighted by atomic mass is 79.9. The van der Waals surface area contributed by atoms with E-state index in [1.807, 2.05) is 6.26 Å². The highest BCUT2D eigenvalue weighted by Gasteiger charge is 2.19. The molecule has 1 unspecified atom stereocenters. The SMILES string of the molecule is COc1ccc(Br)c(NC(=O)NC(CCSC)C(=O)O)c1. The summed E-state index contributed by atoms with van der Waals surface area (Å²) in [5, 5.41) is 14.1. The Morgan fingerprint density at radius 2 is 2.19 bits per heavy atom. The third kappa shape index (κ3) is 5.84. The number of thioether (sulfide) groups is 1. The number of anilines is 1. The van der Waals surface area contributed by atoms with Gasteiger partial charge in [0, 0.05) is 10.5 Å². The smallest absolute Gasteiger partial charge is 0.326 e. The molecule has 1 aromatic rings. The van der Waals surface area contributed by atoms with Gasteiger partial charge in [-0.25, -0.2) is 9.59 Å². The van der Waals surface area contributed by atoms with Gasteiger partial charge in [0.2, 0.25) is 0 Å². The first-order valence-electron chi connectivity index (χ1n) is 6.10. The molecule has 0 aliphatic heterocycles. The summed E-state index contributed by atoms with van der Waals surface area (Å²) in [7, 11) is 1.52. The topological polar surface area (TPSA) is 87.7 Å². The van der Waals surface area contributed by atoms with E-state index in [0.29, 0.717) is 28.1 Å². The molecule has 1 atom stereocenters. The molecule has 0 fully saturated rings. The van der Waals surface area contributed by atoms with Crippen LogP contribution in [0.5, 0.6) is 5.75 Å². The molecule has 1 aromatic carbocycles. The standard InChI is InChI=1S/C13H17BrN2O4S/c1-20-8-3-4-9(14)11(7-8)16-13(19)15-10(12(17)18)5-6-21-2/h3-4,7,10H,5-6H2,1-2H3,(H,17,18)(H2,15,16,19). The Morgan fingerprint density at radius 3 is 2.76 bits per heavy atom. The third-order valence-corrected chi connectivity index (χ3v) is 3.97. The van der Waals surface area contributed by atoms with E-state index in [0.717, 1.165) is 0 Å². The largest absolute Gasteiger partial charge is 0.497 e. The Bertz CT molecular complexity index is 513. The number of amides is 2. The van der Waals surface area contributed by atoms with E-state index >= 15 is 0 Å². The first-order chi connectivity index (χ1) is 9.97. The zero-order valence-electron chi connectivity index (χ0n) is 11.7. The van der Waals surface area contributed by atoms with Gasteiger partial charge in [-0.05, 0) is 46.5 Å². The molecule has 0 radical (unpaired) electrons. The molecular weight excluding hydrogens is 360 g/mol. The molecule has 0 heterocycles. The first kappa shape index (κ1) is 17.6. The number of rotatable bonds is 7. The van der Waals surface area contributed by atoms with Gasteiger partial charge in [0.1, 0.15) is 11.8 Å². The van der Waals surface area contributed by atoms with Crippen molar-refractivity contribution in [2.24, 2.45) is 0 Å². The van der Waals surface area contributed by atoms with Gasteiger partial charge in [-0.3, -0.25) is 0 Å². The number of urea groups is 1. The van der Waals surface area contributed by atoms with E-state index in [4.69, 9.17) is 9.84 Å². The number of nitrogens with one attached hydrogen (secondary N) is 2. The minimum atomic E-state index is -1.05. The highest BCUT2D eigenvalue weighted by molar-refractivity contribution is 9.10. The molecule has 6 nitrogen and oxygen atoms in total. The Morgan fingerprint density at radius 1 is 1.48 bits per heavy atom. The van der Waals surface area contributed by atoms with Gasteiger partial charge in [0.05, 0.1) is 12.8 Å². The van der Waals surface area contributed by atoms with E-state index in [1.165, 1.54) is 18.9 Å². The lowest BCUT2D eigenvalue weighted by atomic mass is 10.2. The summed E-state index contributed by atoms with van der Waals surface area (Å²) in [5.41, 5.74) is 0.501. The van der Waals surface area contributed by atoms with Gasteiger partial charge < -0.3 is 20.5 Å². The molecular formula is C13H17BrN2O4S. The van der Waals surface area contributed by atoms with Crippen LogP contribution in [0.3, 0.4) is 0 Å². The predicted molar refractivity (Wildman–Crippen MR) is 87.3 cm³/mol. The van der Waals surface area contributed by atoms with Crippen molar-refractivity contribution in [2.45, 2.75) is 12.5 Å². The molecule has 0 aliphatic rings. The second-order valence-electron chi connectivity index (χ2n) is 4.12. The second-order valence-corrected chi connectivity index (χ2v) is 5.96. The lowest BCUT2D eigenvalue weighted by Crippen LogP contribution is -2.43. The molecule has 0 aromatic heterocycles. The fraction of sp³-hybridized carbons (Fsp3) is 0.385. The van der Waals surface area contributed by atoms with Crippen LogP contribution in [0.1, 0.15) is 6.42 Å². The Kier molecular flexibility index (Phi) is 7.38.